The molecule has 2 N–H and O–H groups in total. The van der Waals surface area contributed by atoms with E-state index in [0.717, 1.165) is 12.4 Å². The van der Waals surface area contributed by atoms with E-state index in [0.29, 0.717) is 30.9 Å². The summed E-state index contributed by atoms with van der Waals surface area (Å²) in [6.07, 6.45) is 2.47. The molecule has 5 heteroatoms. The Bertz CT molecular complexity index is 607. The predicted octanol–water partition coefficient (Wildman–Crippen LogP) is 2.81. The lowest BCUT2D eigenvalue weighted by Gasteiger charge is -2.39. The summed E-state index contributed by atoms with van der Waals surface area (Å²) in [6.45, 7) is 6.53. The third-order valence-corrected chi connectivity index (χ3v) is 4.49. The maximum absolute atomic E-state index is 5.54. The molecule has 0 radical (unpaired) electrons. The Kier molecular flexibility index (Phi) is 4.55. The number of rotatable bonds is 4. The van der Waals surface area contributed by atoms with Crippen molar-refractivity contribution in [3.8, 4) is 0 Å². The highest BCUT2D eigenvalue weighted by molar-refractivity contribution is 5.25. The molecule has 1 aliphatic rings. The van der Waals surface area contributed by atoms with Crippen LogP contribution in [0.3, 0.4) is 0 Å². The van der Waals surface area contributed by atoms with Crippen LogP contribution >= 0.6 is 0 Å². The molecule has 2 aromatic rings. The summed E-state index contributed by atoms with van der Waals surface area (Å²) in [6, 6.07) is 9.28. The van der Waals surface area contributed by atoms with Gasteiger partial charge >= 0.3 is 0 Å². The van der Waals surface area contributed by atoms with Crippen LogP contribution in [0.5, 0.6) is 0 Å². The number of piperidine rings is 1. The summed E-state index contributed by atoms with van der Waals surface area (Å²) in [7, 11) is 0. The minimum absolute atomic E-state index is 0.296. The number of hydrogen-bond acceptors (Lipinski definition) is 5. The van der Waals surface area contributed by atoms with Crippen LogP contribution in [0.4, 0.5) is 0 Å². The monoisotopic (exact) mass is 300 g/mol. The molecule has 2 unspecified atom stereocenters. The molecule has 2 heterocycles. The molecule has 118 valence electrons. The molecule has 1 aromatic heterocycles. The Hall–Kier alpha value is -1.72. The molecule has 1 aromatic carbocycles. The highest BCUT2D eigenvalue weighted by Crippen LogP contribution is 2.36. The van der Waals surface area contributed by atoms with Crippen molar-refractivity contribution in [2.45, 2.75) is 45.8 Å². The molecule has 0 saturated carbocycles. The Balaban J connectivity index is 1.81. The summed E-state index contributed by atoms with van der Waals surface area (Å²) >= 11 is 0. The molecule has 1 aliphatic heterocycles. The SMILES string of the molecule is Cc1ccc(C2C(C)CCCN2Cc2noc(CN)n2)cc1. The third kappa shape index (κ3) is 3.20. The van der Waals surface area contributed by atoms with Gasteiger partial charge < -0.3 is 10.3 Å². The number of nitrogens with two attached hydrogens (primary N) is 1. The fourth-order valence-corrected chi connectivity index (χ4v) is 3.37. The first-order valence-corrected chi connectivity index (χ1v) is 7.99. The van der Waals surface area contributed by atoms with Gasteiger partial charge in [0.2, 0.25) is 5.89 Å². The van der Waals surface area contributed by atoms with Gasteiger partial charge in [-0.05, 0) is 37.8 Å². The maximum Gasteiger partial charge on any atom is 0.240 e. The quantitative estimate of drug-likeness (QED) is 0.940. The number of likely N-dealkylation sites (tertiary alicyclic amines) is 1. The van der Waals surface area contributed by atoms with Gasteiger partial charge in [0.15, 0.2) is 5.82 Å². The first kappa shape index (κ1) is 15.2. The van der Waals surface area contributed by atoms with E-state index in [4.69, 9.17) is 10.3 Å². The zero-order valence-corrected chi connectivity index (χ0v) is 13.3. The van der Waals surface area contributed by atoms with E-state index in [1.807, 2.05) is 0 Å². The Morgan fingerprint density at radius 3 is 2.77 bits per heavy atom. The van der Waals surface area contributed by atoms with Crippen molar-refractivity contribution in [1.82, 2.24) is 15.0 Å². The molecule has 0 spiro atoms. The van der Waals surface area contributed by atoms with Gasteiger partial charge in [0, 0.05) is 6.04 Å². The van der Waals surface area contributed by atoms with Crippen molar-refractivity contribution in [3.63, 3.8) is 0 Å². The van der Waals surface area contributed by atoms with E-state index in [-0.39, 0.29) is 0 Å². The van der Waals surface area contributed by atoms with Crippen molar-refractivity contribution >= 4 is 0 Å². The van der Waals surface area contributed by atoms with Gasteiger partial charge in [-0.3, -0.25) is 4.90 Å². The minimum atomic E-state index is 0.296. The molecule has 0 bridgehead atoms. The second-order valence-electron chi connectivity index (χ2n) is 6.25. The number of aromatic nitrogens is 2. The van der Waals surface area contributed by atoms with Gasteiger partial charge in [0.25, 0.3) is 0 Å². The molecule has 0 aliphatic carbocycles. The van der Waals surface area contributed by atoms with E-state index >= 15 is 0 Å². The smallest absolute Gasteiger partial charge is 0.240 e. The summed E-state index contributed by atoms with van der Waals surface area (Å²) in [5.74, 6) is 1.86. The normalized spacial score (nSPS) is 22.9. The number of nitrogens with zero attached hydrogens (tertiary/aromatic N) is 3. The van der Waals surface area contributed by atoms with Gasteiger partial charge in [-0.1, -0.05) is 41.9 Å². The van der Waals surface area contributed by atoms with Crippen LogP contribution in [0.1, 0.15) is 48.6 Å². The van der Waals surface area contributed by atoms with E-state index in [2.05, 4.69) is 53.2 Å². The fourth-order valence-electron chi connectivity index (χ4n) is 3.37. The van der Waals surface area contributed by atoms with Gasteiger partial charge in [-0.15, -0.1) is 0 Å². The predicted molar refractivity (Wildman–Crippen MR) is 84.9 cm³/mol. The van der Waals surface area contributed by atoms with Crippen LogP contribution in [-0.4, -0.2) is 21.6 Å². The molecule has 22 heavy (non-hydrogen) atoms. The van der Waals surface area contributed by atoms with Gasteiger partial charge in [-0.25, -0.2) is 0 Å². The van der Waals surface area contributed by atoms with Crippen molar-refractivity contribution < 1.29 is 4.52 Å². The molecule has 5 nitrogen and oxygen atoms in total. The highest BCUT2D eigenvalue weighted by Gasteiger charge is 2.30. The minimum Gasteiger partial charge on any atom is -0.338 e. The van der Waals surface area contributed by atoms with Crippen LogP contribution in [0.15, 0.2) is 28.8 Å². The first-order valence-electron chi connectivity index (χ1n) is 7.99. The first-order chi connectivity index (χ1) is 10.7. The summed E-state index contributed by atoms with van der Waals surface area (Å²) in [4.78, 5) is 6.81. The van der Waals surface area contributed by atoms with Crippen molar-refractivity contribution in [2.75, 3.05) is 6.54 Å². The Morgan fingerprint density at radius 1 is 1.32 bits per heavy atom. The van der Waals surface area contributed by atoms with Gasteiger partial charge in [0.05, 0.1) is 13.1 Å². The molecular formula is C17H24N4O. The molecule has 3 rings (SSSR count). The lowest BCUT2D eigenvalue weighted by molar-refractivity contribution is 0.0898. The van der Waals surface area contributed by atoms with Crippen LogP contribution < -0.4 is 5.73 Å². The Labute approximate surface area is 131 Å². The van der Waals surface area contributed by atoms with Gasteiger partial charge in [0.1, 0.15) is 0 Å². The van der Waals surface area contributed by atoms with Crippen LogP contribution in [0, 0.1) is 12.8 Å². The average Bonchev–Trinajstić information content (AvgIpc) is 2.97. The van der Waals surface area contributed by atoms with E-state index in [1.54, 1.807) is 0 Å². The standard InChI is InChI=1S/C17H24N4O/c1-12-5-7-14(8-6-12)17-13(2)4-3-9-21(17)11-15-19-16(10-18)22-20-15/h5-8,13,17H,3-4,9-11,18H2,1-2H3. The summed E-state index contributed by atoms with van der Waals surface area (Å²) in [5.41, 5.74) is 8.21. The topological polar surface area (TPSA) is 68.2 Å². The van der Waals surface area contributed by atoms with Crippen molar-refractivity contribution in [3.05, 3.63) is 47.1 Å². The number of benzene rings is 1. The number of aryl methyl sites for hydroxylation is 1. The second-order valence-corrected chi connectivity index (χ2v) is 6.25. The molecule has 0 amide bonds. The maximum atomic E-state index is 5.54. The molecule has 2 atom stereocenters. The van der Waals surface area contributed by atoms with E-state index < -0.39 is 0 Å². The van der Waals surface area contributed by atoms with E-state index in [1.165, 1.54) is 24.0 Å². The third-order valence-electron chi connectivity index (χ3n) is 4.49. The molecular weight excluding hydrogens is 276 g/mol. The zero-order valence-electron chi connectivity index (χ0n) is 13.3. The zero-order chi connectivity index (χ0) is 15.5. The lowest BCUT2D eigenvalue weighted by Crippen LogP contribution is -2.37. The lowest BCUT2D eigenvalue weighted by atomic mass is 9.86. The molecule has 1 fully saturated rings. The van der Waals surface area contributed by atoms with Crippen LogP contribution in [-0.2, 0) is 13.1 Å². The Morgan fingerprint density at radius 2 is 2.09 bits per heavy atom. The average molecular weight is 300 g/mol. The van der Waals surface area contributed by atoms with Crippen LogP contribution in [0.2, 0.25) is 0 Å². The summed E-state index contributed by atoms with van der Waals surface area (Å²) < 4.78 is 5.13. The summed E-state index contributed by atoms with van der Waals surface area (Å²) in [5, 5.41) is 4.04. The van der Waals surface area contributed by atoms with Crippen LogP contribution in [0.25, 0.3) is 0 Å². The largest absolute Gasteiger partial charge is 0.338 e. The van der Waals surface area contributed by atoms with E-state index in [9.17, 15) is 0 Å². The van der Waals surface area contributed by atoms with Crippen molar-refractivity contribution in [2.24, 2.45) is 11.7 Å². The number of hydrogen-bond donors (Lipinski definition) is 1. The molecule has 1 saturated heterocycles. The highest BCUT2D eigenvalue weighted by atomic mass is 16.5. The van der Waals surface area contributed by atoms with Gasteiger partial charge in [-0.2, -0.15) is 4.98 Å². The van der Waals surface area contributed by atoms with Crippen molar-refractivity contribution in [1.29, 1.82) is 0 Å². The fraction of sp³-hybridized carbons (Fsp3) is 0.529. The second kappa shape index (κ2) is 6.58.